The maximum atomic E-state index is 2.55. The lowest BCUT2D eigenvalue weighted by Crippen LogP contribution is -2.34. The van der Waals surface area contributed by atoms with E-state index in [0.29, 0.717) is 10.8 Å². The van der Waals surface area contributed by atoms with E-state index in [1.54, 1.807) is 0 Å². The Morgan fingerprint density at radius 1 is 1.15 bits per heavy atom. The molecule has 0 aromatic carbocycles. The molecule has 0 spiro atoms. The highest BCUT2D eigenvalue weighted by atomic mass is 14.7. The van der Waals surface area contributed by atoms with E-state index in [4.69, 9.17) is 0 Å². The molecule has 3 atom stereocenters. The molecule has 0 heterocycles. The molecule has 0 N–H and O–H groups in total. The van der Waals surface area contributed by atoms with Crippen LogP contribution in [0.25, 0.3) is 0 Å². The predicted molar refractivity (Wildman–Crippen MR) is 57.6 cm³/mol. The van der Waals surface area contributed by atoms with Crippen molar-refractivity contribution in [3.05, 3.63) is 0 Å². The molecule has 0 aromatic heterocycles. The minimum absolute atomic E-state index is 0.613. The molecule has 2 aliphatic carbocycles. The fourth-order valence-electron chi connectivity index (χ4n) is 4.27. The molecule has 76 valence electrons. The second-order valence-corrected chi connectivity index (χ2v) is 6.46. The van der Waals surface area contributed by atoms with Gasteiger partial charge in [0.15, 0.2) is 0 Å². The molecule has 0 aromatic rings. The van der Waals surface area contributed by atoms with Gasteiger partial charge in [0.05, 0.1) is 0 Å². The molecule has 0 amide bonds. The van der Waals surface area contributed by atoms with Gasteiger partial charge in [-0.25, -0.2) is 0 Å². The van der Waals surface area contributed by atoms with E-state index in [9.17, 15) is 0 Å². The van der Waals surface area contributed by atoms with Gasteiger partial charge in [0.1, 0.15) is 0 Å². The molecule has 2 rings (SSSR count). The van der Waals surface area contributed by atoms with Crippen LogP contribution in [0.4, 0.5) is 0 Å². The van der Waals surface area contributed by atoms with Crippen molar-refractivity contribution in [2.45, 2.75) is 53.9 Å². The Kier molecular flexibility index (Phi) is 1.85. The van der Waals surface area contributed by atoms with Gasteiger partial charge < -0.3 is 0 Å². The molecular weight excluding hydrogens is 156 g/mol. The summed E-state index contributed by atoms with van der Waals surface area (Å²) in [5, 5.41) is 0. The summed E-state index contributed by atoms with van der Waals surface area (Å²) in [6.45, 7) is 12.4. The maximum absolute atomic E-state index is 2.55. The Morgan fingerprint density at radius 2 is 1.77 bits per heavy atom. The summed E-state index contributed by atoms with van der Waals surface area (Å²) in [5.41, 5.74) is 1.26. The van der Waals surface area contributed by atoms with Gasteiger partial charge in [-0.3, -0.25) is 0 Å². The highest BCUT2D eigenvalue weighted by Crippen LogP contribution is 2.69. The monoisotopic (exact) mass is 180 g/mol. The van der Waals surface area contributed by atoms with E-state index in [2.05, 4.69) is 34.6 Å². The Labute approximate surface area is 83.1 Å². The summed E-state index contributed by atoms with van der Waals surface area (Å²) in [7, 11) is 0. The minimum Gasteiger partial charge on any atom is -0.0625 e. The summed E-state index contributed by atoms with van der Waals surface area (Å²) in [6, 6.07) is 0. The Balaban J connectivity index is 2.33. The quantitative estimate of drug-likeness (QED) is 0.570. The molecule has 0 radical (unpaired) electrons. The van der Waals surface area contributed by atoms with Crippen molar-refractivity contribution in [2.24, 2.45) is 28.6 Å². The number of fused-ring (bicyclic) bond motifs is 2. The van der Waals surface area contributed by atoms with Crippen LogP contribution in [0, 0.1) is 28.6 Å². The van der Waals surface area contributed by atoms with Gasteiger partial charge in [-0.1, -0.05) is 34.6 Å². The van der Waals surface area contributed by atoms with Crippen LogP contribution in [0.1, 0.15) is 53.9 Å². The molecule has 2 saturated carbocycles. The van der Waals surface area contributed by atoms with Crippen molar-refractivity contribution < 1.29 is 0 Å². The molecular formula is C13H24. The van der Waals surface area contributed by atoms with Crippen molar-refractivity contribution in [1.29, 1.82) is 0 Å². The minimum atomic E-state index is 0.613. The zero-order valence-electron chi connectivity index (χ0n) is 9.85. The van der Waals surface area contributed by atoms with Crippen molar-refractivity contribution in [2.75, 3.05) is 0 Å². The highest BCUT2D eigenvalue weighted by Gasteiger charge is 2.61. The summed E-state index contributed by atoms with van der Waals surface area (Å²) in [6.07, 6.45) is 4.47. The van der Waals surface area contributed by atoms with Crippen LogP contribution in [0.2, 0.25) is 0 Å². The molecule has 0 nitrogen and oxygen atoms in total. The Hall–Kier alpha value is 0. The first-order valence-electron chi connectivity index (χ1n) is 5.89. The van der Waals surface area contributed by atoms with E-state index in [0.717, 1.165) is 17.8 Å². The van der Waals surface area contributed by atoms with Crippen molar-refractivity contribution >= 4 is 0 Å². The van der Waals surface area contributed by atoms with Gasteiger partial charge in [-0.05, 0) is 47.8 Å². The van der Waals surface area contributed by atoms with Crippen molar-refractivity contribution in [1.82, 2.24) is 0 Å². The molecule has 13 heavy (non-hydrogen) atoms. The average molecular weight is 180 g/mol. The first-order valence-corrected chi connectivity index (χ1v) is 5.89. The topological polar surface area (TPSA) is 0 Å². The lowest BCUT2D eigenvalue weighted by Gasteiger charge is -2.41. The normalized spacial score (nSPS) is 47.5. The number of rotatable bonds is 1. The third-order valence-corrected chi connectivity index (χ3v) is 5.67. The molecule has 0 saturated heterocycles. The van der Waals surface area contributed by atoms with E-state index >= 15 is 0 Å². The third-order valence-electron chi connectivity index (χ3n) is 5.67. The zero-order chi connectivity index (χ0) is 9.85. The van der Waals surface area contributed by atoms with Crippen LogP contribution in [0.5, 0.6) is 0 Å². The molecule has 1 unspecified atom stereocenters. The summed E-state index contributed by atoms with van der Waals surface area (Å²) in [5.74, 6) is 2.89. The molecule has 2 fully saturated rings. The van der Waals surface area contributed by atoms with Crippen LogP contribution >= 0.6 is 0 Å². The Morgan fingerprint density at radius 3 is 2.00 bits per heavy atom. The maximum Gasteiger partial charge on any atom is -0.0241 e. The SMILES string of the molecule is CC(C)[C@@H]1C[C@H]2CCC1(C)C2(C)C. The predicted octanol–water partition coefficient (Wildman–Crippen LogP) is 4.10. The summed E-state index contributed by atoms with van der Waals surface area (Å²) in [4.78, 5) is 0. The molecule has 0 heteroatoms. The first-order chi connectivity index (χ1) is 5.89. The average Bonchev–Trinajstić information content (AvgIpc) is 2.34. The standard InChI is InChI=1S/C13H24/c1-9(2)11-8-10-6-7-13(11,5)12(10,3)4/h9-11H,6-8H2,1-5H3/t10-,11+,13?/m1/s1. The second-order valence-electron chi connectivity index (χ2n) is 6.46. The van der Waals surface area contributed by atoms with E-state index < -0.39 is 0 Å². The fourth-order valence-corrected chi connectivity index (χ4v) is 4.27. The van der Waals surface area contributed by atoms with Crippen LogP contribution in [-0.2, 0) is 0 Å². The third kappa shape index (κ3) is 0.980. The lowest BCUT2D eigenvalue weighted by atomic mass is 9.64. The number of hydrogen-bond donors (Lipinski definition) is 0. The van der Waals surface area contributed by atoms with Gasteiger partial charge in [0.2, 0.25) is 0 Å². The van der Waals surface area contributed by atoms with Gasteiger partial charge in [0.25, 0.3) is 0 Å². The van der Waals surface area contributed by atoms with E-state index in [-0.39, 0.29) is 0 Å². The van der Waals surface area contributed by atoms with E-state index in [1.165, 1.54) is 19.3 Å². The molecule has 0 aliphatic heterocycles. The molecule has 2 bridgehead atoms. The lowest BCUT2D eigenvalue weighted by molar-refractivity contribution is 0.0766. The smallest absolute Gasteiger partial charge is 0.0241 e. The second kappa shape index (κ2) is 2.52. The van der Waals surface area contributed by atoms with Crippen LogP contribution in [0.15, 0.2) is 0 Å². The van der Waals surface area contributed by atoms with Crippen molar-refractivity contribution in [3.63, 3.8) is 0 Å². The zero-order valence-corrected chi connectivity index (χ0v) is 9.85. The van der Waals surface area contributed by atoms with Crippen molar-refractivity contribution in [3.8, 4) is 0 Å². The summed E-state index contributed by atoms with van der Waals surface area (Å²) >= 11 is 0. The van der Waals surface area contributed by atoms with Crippen LogP contribution < -0.4 is 0 Å². The number of hydrogen-bond acceptors (Lipinski definition) is 0. The highest BCUT2D eigenvalue weighted by molar-refractivity contribution is 5.10. The first kappa shape index (κ1) is 9.55. The van der Waals surface area contributed by atoms with Gasteiger partial charge in [-0.15, -0.1) is 0 Å². The van der Waals surface area contributed by atoms with Gasteiger partial charge >= 0.3 is 0 Å². The van der Waals surface area contributed by atoms with Crippen LogP contribution in [0.3, 0.4) is 0 Å². The van der Waals surface area contributed by atoms with E-state index in [1.807, 2.05) is 0 Å². The largest absolute Gasteiger partial charge is 0.0625 e. The fraction of sp³-hybridized carbons (Fsp3) is 1.00. The van der Waals surface area contributed by atoms with Crippen LogP contribution in [-0.4, -0.2) is 0 Å². The Bertz CT molecular complexity index is 214. The molecule has 2 aliphatic rings. The summed E-state index contributed by atoms with van der Waals surface area (Å²) < 4.78 is 0. The van der Waals surface area contributed by atoms with Gasteiger partial charge in [-0.2, -0.15) is 0 Å². The van der Waals surface area contributed by atoms with Gasteiger partial charge in [0, 0.05) is 0 Å².